The predicted octanol–water partition coefficient (Wildman–Crippen LogP) is 0.936. The van der Waals surface area contributed by atoms with Gasteiger partial charge in [0, 0.05) is 6.08 Å². The minimum absolute atomic E-state index is 0.162. The lowest BCUT2D eigenvalue weighted by Gasteiger charge is -2.13. The zero-order valence-electron chi connectivity index (χ0n) is 9.37. The Morgan fingerprint density at radius 1 is 1.25 bits per heavy atom. The van der Waals surface area contributed by atoms with E-state index in [0.29, 0.717) is 6.42 Å². The van der Waals surface area contributed by atoms with Crippen molar-refractivity contribution in [1.29, 1.82) is 0 Å². The van der Waals surface area contributed by atoms with E-state index in [2.05, 4.69) is 0 Å². The van der Waals surface area contributed by atoms with Crippen LogP contribution in [-0.4, -0.2) is 34.5 Å². The van der Waals surface area contributed by atoms with E-state index in [9.17, 15) is 15.0 Å². The summed E-state index contributed by atoms with van der Waals surface area (Å²) in [4.78, 5) is 11.2. The molecule has 1 aliphatic heterocycles. The number of hydrogen-bond acceptors (Lipinski definition) is 4. The van der Waals surface area contributed by atoms with E-state index in [1.807, 2.05) is 6.92 Å². The van der Waals surface area contributed by atoms with E-state index < -0.39 is 18.2 Å². The summed E-state index contributed by atoms with van der Waals surface area (Å²) in [7, 11) is 0. The lowest BCUT2D eigenvalue weighted by Crippen LogP contribution is -2.15. The number of carbonyl (C=O) groups excluding carboxylic acids is 1. The van der Waals surface area contributed by atoms with Gasteiger partial charge in [0.2, 0.25) is 0 Å². The molecule has 0 aromatic heterocycles. The molecular weight excluding hydrogens is 208 g/mol. The molecule has 0 aromatic rings. The maximum atomic E-state index is 11.2. The zero-order chi connectivity index (χ0) is 12.0. The van der Waals surface area contributed by atoms with Crippen molar-refractivity contribution in [2.24, 2.45) is 0 Å². The summed E-state index contributed by atoms with van der Waals surface area (Å²) < 4.78 is 5.06. The molecule has 4 heteroatoms. The van der Waals surface area contributed by atoms with Gasteiger partial charge in [0.1, 0.15) is 0 Å². The van der Waals surface area contributed by atoms with Gasteiger partial charge in [-0.15, -0.1) is 0 Å². The van der Waals surface area contributed by atoms with Crippen LogP contribution in [0.25, 0.3) is 0 Å². The second-order valence-corrected chi connectivity index (χ2v) is 3.98. The first-order valence-electron chi connectivity index (χ1n) is 5.51. The topological polar surface area (TPSA) is 66.8 Å². The molecule has 4 nitrogen and oxygen atoms in total. The first-order chi connectivity index (χ1) is 7.58. The van der Waals surface area contributed by atoms with Gasteiger partial charge in [0.05, 0.1) is 18.3 Å². The Kier molecular flexibility index (Phi) is 5.22. The molecule has 0 spiro atoms. The summed E-state index contributed by atoms with van der Waals surface area (Å²) in [6, 6.07) is 0. The Bertz CT molecular complexity index is 283. The summed E-state index contributed by atoms with van der Waals surface area (Å²) >= 11 is 0. The van der Waals surface area contributed by atoms with E-state index in [4.69, 9.17) is 4.74 Å². The smallest absolute Gasteiger partial charge is 0.330 e. The van der Waals surface area contributed by atoms with Gasteiger partial charge < -0.3 is 14.9 Å². The van der Waals surface area contributed by atoms with E-state index in [0.717, 1.165) is 12.8 Å². The Balaban J connectivity index is 2.65. The Labute approximate surface area is 95.2 Å². The predicted molar refractivity (Wildman–Crippen MR) is 59.7 cm³/mol. The molecule has 0 aliphatic carbocycles. The molecule has 0 radical (unpaired) electrons. The number of carbonyl (C=O) groups is 1. The van der Waals surface area contributed by atoms with Crippen LogP contribution in [0.1, 0.15) is 26.2 Å². The van der Waals surface area contributed by atoms with Gasteiger partial charge in [-0.3, -0.25) is 0 Å². The normalized spacial score (nSPS) is 36.7. The summed E-state index contributed by atoms with van der Waals surface area (Å²) in [6.07, 6.45) is 6.08. The van der Waals surface area contributed by atoms with Gasteiger partial charge in [0.25, 0.3) is 0 Å². The molecule has 0 fully saturated rings. The van der Waals surface area contributed by atoms with Crippen LogP contribution in [0.4, 0.5) is 0 Å². The van der Waals surface area contributed by atoms with E-state index in [-0.39, 0.29) is 6.10 Å². The van der Waals surface area contributed by atoms with Crippen molar-refractivity contribution in [3.8, 4) is 0 Å². The highest BCUT2D eigenvalue weighted by atomic mass is 16.5. The molecule has 90 valence electrons. The summed E-state index contributed by atoms with van der Waals surface area (Å²) in [5.41, 5.74) is 0. The maximum Gasteiger partial charge on any atom is 0.330 e. The molecule has 0 aromatic carbocycles. The third-order valence-electron chi connectivity index (χ3n) is 2.39. The molecule has 16 heavy (non-hydrogen) atoms. The van der Waals surface area contributed by atoms with Gasteiger partial charge in [-0.1, -0.05) is 12.2 Å². The maximum absolute atomic E-state index is 11.2. The molecule has 0 bridgehead atoms. The Morgan fingerprint density at radius 3 is 2.75 bits per heavy atom. The van der Waals surface area contributed by atoms with Crippen LogP contribution in [0.5, 0.6) is 0 Å². The summed E-state index contributed by atoms with van der Waals surface area (Å²) in [5.74, 6) is -0.443. The number of hydrogen-bond donors (Lipinski definition) is 2. The molecule has 3 atom stereocenters. The fourth-order valence-corrected chi connectivity index (χ4v) is 1.49. The van der Waals surface area contributed by atoms with Gasteiger partial charge in [0.15, 0.2) is 0 Å². The van der Waals surface area contributed by atoms with Crippen LogP contribution in [0, 0.1) is 0 Å². The monoisotopic (exact) mass is 226 g/mol. The molecule has 1 rings (SSSR count). The molecular formula is C12H18O4. The van der Waals surface area contributed by atoms with Crippen LogP contribution in [-0.2, 0) is 9.53 Å². The van der Waals surface area contributed by atoms with E-state index >= 15 is 0 Å². The van der Waals surface area contributed by atoms with Gasteiger partial charge in [-0.05, 0) is 32.3 Å². The third kappa shape index (κ3) is 5.09. The zero-order valence-corrected chi connectivity index (χ0v) is 9.37. The average molecular weight is 226 g/mol. The SMILES string of the molecule is C[C@H]1CCC[C@@H](O)/C=C\[C@H](O)/C=C\C(=O)O1. The highest BCUT2D eigenvalue weighted by molar-refractivity contribution is 5.82. The molecule has 0 saturated heterocycles. The van der Waals surface area contributed by atoms with Crippen molar-refractivity contribution in [3.05, 3.63) is 24.3 Å². The van der Waals surface area contributed by atoms with Crippen molar-refractivity contribution in [2.45, 2.75) is 44.5 Å². The quantitative estimate of drug-likeness (QED) is 0.476. The third-order valence-corrected chi connectivity index (χ3v) is 2.39. The van der Waals surface area contributed by atoms with Crippen LogP contribution >= 0.6 is 0 Å². The second-order valence-electron chi connectivity index (χ2n) is 3.98. The first-order valence-corrected chi connectivity index (χ1v) is 5.51. The molecule has 0 unspecified atom stereocenters. The largest absolute Gasteiger partial charge is 0.460 e. The minimum Gasteiger partial charge on any atom is -0.460 e. The summed E-state index contributed by atoms with van der Waals surface area (Å²) in [5, 5.41) is 18.9. The highest BCUT2D eigenvalue weighted by Gasteiger charge is 2.09. The van der Waals surface area contributed by atoms with Crippen molar-refractivity contribution >= 4 is 5.97 Å². The number of rotatable bonds is 0. The Morgan fingerprint density at radius 2 is 2.00 bits per heavy atom. The standard InChI is InChI=1S/C12H18O4/c1-9-3-2-4-10(13)5-6-11(14)7-8-12(15)16-9/h5-11,13-14H,2-4H2,1H3/b6-5-,8-7-/t9-,10+,11-/m0/s1. The van der Waals surface area contributed by atoms with Crippen LogP contribution in [0.15, 0.2) is 24.3 Å². The minimum atomic E-state index is -0.864. The fraction of sp³-hybridized carbons (Fsp3) is 0.583. The van der Waals surface area contributed by atoms with Crippen molar-refractivity contribution < 1.29 is 19.7 Å². The molecule has 1 heterocycles. The van der Waals surface area contributed by atoms with Gasteiger partial charge >= 0.3 is 5.97 Å². The highest BCUT2D eigenvalue weighted by Crippen LogP contribution is 2.09. The number of cyclic esters (lactones) is 1. The van der Waals surface area contributed by atoms with Crippen molar-refractivity contribution in [3.63, 3.8) is 0 Å². The summed E-state index contributed by atoms with van der Waals surface area (Å²) in [6.45, 7) is 1.82. The second kappa shape index (κ2) is 6.45. The fourth-order valence-electron chi connectivity index (χ4n) is 1.49. The molecule has 2 N–H and O–H groups in total. The lowest BCUT2D eigenvalue weighted by molar-refractivity contribution is -0.142. The molecule has 0 amide bonds. The Hall–Kier alpha value is -1.13. The number of aliphatic hydroxyl groups excluding tert-OH is 2. The van der Waals surface area contributed by atoms with Gasteiger partial charge in [-0.25, -0.2) is 4.79 Å². The molecule has 0 saturated carbocycles. The van der Waals surface area contributed by atoms with Crippen LogP contribution < -0.4 is 0 Å². The van der Waals surface area contributed by atoms with Crippen molar-refractivity contribution in [1.82, 2.24) is 0 Å². The number of esters is 1. The average Bonchev–Trinajstić information content (AvgIpc) is 2.22. The number of ether oxygens (including phenoxy) is 1. The van der Waals surface area contributed by atoms with Crippen LogP contribution in [0.3, 0.4) is 0 Å². The number of aliphatic hydroxyl groups is 2. The molecule has 1 aliphatic rings. The van der Waals surface area contributed by atoms with Crippen LogP contribution in [0.2, 0.25) is 0 Å². The lowest BCUT2D eigenvalue weighted by atomic mass is 10.1. The van der Waals surface area contributed by atoms with E-state index in [1.165, 1.54) is 18.2 Å². The van der Waals surface area contributed by atoms with E-state index in [1.54, 1.807) is 6.08 Å². The first kappa shape index (κ1) is 12.9. The van der Waals surface area contributed by atoms with Gasteiger partial charge in [-0.2, -0.15) is 0 Å². The van der Waals surface area contributed by atoms with Crippen molar-refractivity contribution in [2.75, 3.05) is 0 Å².